The van der Waals surface area contributed by atoms with Crippen molar-refractivity contribution in [3.8, 4) is 11.3 Å². The van der Waals surface area contributed by atoms with E-state index in [-0.39, 0.29) is 0 Å². The molecule has 98 valence electrons. The Kier molecular flexibility index (Phi) is 3.60. The maximum Gasteiger partial charge on any atom is 0.0708 e. The first-order valence-corrected chi connectivity index (χ1v) is 6.90. The fourth-order valence-electron chi connectivity index (χ4n) is 2.26. The summed E-state index contributed by atoms with van der Waals surface area (Å²) >= 11 is 0. The molecule has 20 heavy (non-hydrogen) atoms. The van der Waals surface area contributed by atoms with Crippen LogP contribution < -0.4 is 0 Å². The molecule has 0 amide bonds. The van der Waals surface area contributed by atoms with Crippen LogP contribution in [-0.4, -0.2) is 4.98 Å². The lowest BCUT2D eigenvalue weighted by atomic mass is 10.0. The number of aryl methyl sites for hydroxylation is 1. The van der Waals surface area contributed by atoms with E-state index in [0.717, 1.165) is 17.7 Å². The molecule has 0 atom stereocenters. The topological polar surface area (TPSA) is 12.9 Å². The number of hydrogen-bond acceptors (Lipinski definition) is 1. The highest BCUT2D eigenvalue weighted by Crippen LogP contribution is 2.23. The van der Waals surface area contributed by atoms with Gasteiger partial charge in [0.15, 0.2) is 0 Å². The molecule has 1 heterocycles. The zero-order valence-corrected chi connectivity index (χ0v) is 11.6. The van der Waals surface area contributed by atoms with Gasteiger partial charge in [0.25, 0.3) is 0 Å². The van der Waals surface area contributed by atoms with Gasteiger partial charge in [-0.05, 0) is 36.6 Å². The first-order valence-electron chi connectivity index (χ1n) is 6.90. The molecule has 0 saturated heterocycles. The smallest absolute Gasteiger partial charge is 0.0708 e. The van der Waals surface area contributed by atoms with Crippen LogP contribution in [0.25, 0.3) is 16.8 Å². The second-order valence-corrected chi connectivity index (χ2v) is 4.98. The number of benzene rings is 1. The second-order valence-electron chi connectivity index (χ2n) is 4.98. The summed E-state index contributed by atoms with van der Waals surface area (Å²) in [7, 11) is 0. The molecule has 1 aromatic heterocycles. The van der Waals surface area contributed by atoms with E-state index in [2.05, 4.69) is 78.7 Å². The van der Waals surface area contributed by atoms with Crippen LogP contribution >= 0.6 is 0 Å². The van der Waals surface area contributed by atoms with Gasteiger partial charge in [-0.25, -0.2) is 0 Å². The first-order chi connectivity index (χ1) is 9.83. The summed E-state index contributed by atoms with van der Waals surface area (Å²) in [5.41, 5.74) is 5.88. The molecule has 1 heteroatoms. The van der Waals surface area contributed by atoms with Crippen LogP contribution in [0.5, 0.6) is 0 Å². The monoisotopic (exact) mass is 259 g/mol. The van der Waals surface area contributed by atoms with Crippen molar-refractivity contribution in [2.45, 2.75) is 13.3 Å². The molecular formula is C19H17N. The van der Waals surface area contributed by atoms with E-state index in [1.807, 2.05) is 6.20 Å². The molecule has 1 aromatic carbocycles. The Morgan fingerprint density at radius 1 is 0.950 bits per heavy atom. The van der Waals surface area contributed by atoms with E-state index in [1.54, 1.807) is 0 Å². The molecular weight excluding hydrogens is 242 g/mol. The SMILES string of the molecule is Cc1ccc(-c2cc(C3=CC=CCC=C3)ccn2)cc1. The van der Waals surface area contributed by atoms with Gasteiger partial charge in [-0.3, -0.25) is 4.98 Å². The molecule has 0 aliphatic heterocycles. The predicted molar refractivity (Wildman–Crippen MR) is 85.3 cm³/mol. The van der Waals surface area contributed by atoms with E-state index >= 15 is 0 Å². The highest BCUT2D eigenvalue weighted by Gasteiger charge is 2.03. The first kappa shape index (κ1) is 12.6. The third-order valence-corrected chi connectivity index (χ3v) is 3.42. The average Bonchev–Trinajstić information content (AvgIpc) is 2.77. The minimum absolute atomic E-state index is 0.996. The Morgan fingerprint density at radius 3 is 2.65 bits per heavy atom. The standard InChI is InChI=1S/C19H17N/c1-15-8-10-17(11-9-15)19-14-18(12-13-20-19)16-6-4-2-3-5-7-16/h2,4-14H,3H2,1H3. The molecule has 0 saturated carbocycles. The summed E-state index contributed by atoms with van der Waals surface area (Å²) in [5.74, 6) is 0. The van der Waals surface area contributed by atoms with Crippen LogP contribution in [0, 0.1) is 6.92 Å². The van der Waals surface area contributed by atoms with Crippen LogP contribution in [0.4, 0.5) is 0 Å². The van der Waals surface area contributed by atoms with Gasteiger partial charge in [0.2, 0.25) is 0 Å². The summed E-state index contributed by atoms with van der Waals surface area (Å²) in [6.45, 7) is 2.10. The fourth-order valence-corrected chi connectivity index (χ4v) is 2.26. The summed E-state index contributed by atoms with van der Waals surface area (Å²) < 4.78 is 0. The van der Waals surface area contributed by atoms with Gasteiger partial charge in [-0.2, -0.15) is 0 Å². The normalized spacial score (nSPS) is 13.9. The molecule has 0 unspecified atom stereocenters. The van der Waals surface area contributed by atoms with Crippen LogP contribution in [0.15, 0.2) is 73.0 Å². The Labute approximate surface area is 120 Å². The van der Waals surface area contributed by atoms with Crippen LogP contribution in [0.1, 0.15) is 17.5 Å². The van der Waals surface area contributed by atoms with Gasteiger partial charge < -0.3 is 0 Å². The molecule has 3 rings (SSSR count). The molecule has 0 spiro atoms. The number of allylic oxidation sites excluding steroid dienone is 6. The molecule has 1 aliphatic rings. The van der Waals surface area contributed by atoms with Crippen molar-refractivity contribution in [1.29, 1.82) is 0 Å². The van der Waals surface area contributed by atoms with Gasteiger partial charge in [0, 0.05) is 11.8 Å². The summed E-state index contributed by atoms with van der Waals surface area (Å²) in [4.78, 5) is 4.49. The molecule has 0 radical (unpaired) electrons. The fraction of sp³-hybridized carbons (Fsp3) is 0.105. The Bertz CT molecular complexity index is 688. The van der Waals surface area contributed by atoms with Crippen LogP contribution in [0.3, 0.4) is 0 Å². The zero-order valence-electron chi connectivity index (χ0n) is 11.6. The van der Waals surface area contributed by atoms with E-state index < -0.39 is 0 Å². The van der Waals surface area contributed by atoms with Crippen molar-refractivity contribution >= 4 is 5.57 Å². The zero-order chi connectivity index (χ0) is 13.8. The number of hydrogen-bond donors (Lipinski definition) is 0. The number of rotatable bonds is 2. The van der Waals surface area contributed by atoms with E-state index in [0.29, 0.717) is 0 Å². The molecule has 0 N–H and O–H groups in total. The van der Waals surface area contributed by atoms with Crippen molar-refractivity contribution in [1.82, 2.24) is 4.98 Å². The third kappa shape index (κ3) is 2.77. The quantitative estimate of drug-likeness (QED) is 0.743. The van der Waals surface area contributed by atoms with E-state index in [1.165, 1.54) is 16.7 Å². The highest BCUT2D eigenvalue weighted by atomic mass is 14.7. The maximum absolute atomic E-state index is 4.49. The Morgan fingerprint density at radius 2 is 1.80 bits per heavy atom. The van der Waals surface area contributed by atoms with Gasteiger partial charge in [-0.15, -0.1) is 0 Å². The molecule has 1 aliphatic carbocycles. The summed E-state index contributed by atoms with van der Waals surface area (Å²) in [5, 5.41) is 0. The van der Waals surface area contributed by atoms with Crippen LogP contribution in [-0.2, 0) is 0 Å². The minimum atomic E-state index is 0.996. The average molecular weight is 259 g/mol. The minimum Gasteiger partial charge on any atom is -0.256 e. The van der Waals surface area contributed by atoms with Crippen molar-refractivity contribution in [3.05, 3.63) is 84.1 Å². The lowest BCUT2D eigenvalue weighted by molar-refractivity contribution is 1.31. The summed E-state index contributed by atoms with van der Waals surface area (Å²) in [6, 6.07) is 12.7. The highest BCUT2D eigenvalue weighted by molar-refractivity contribution is 5.77. The Hall–Kier alpha value is -2.41. The lowest BCUT2D eigenvalue weighted by Gasteiger charge is -2.06. The van der Waals surface area contributed by atoms with Gasteiger partial charge in [0.1, 0.15) is 0 Å². The van der Waals surface area contributed by atoms with Crippen molar-refractivity contribution in [2.24, 2.45) is 0 Å². The number of pyridine rings is 1. The summed E-state index contributed by atoms with van der Waals surface area (Å²) in [6.07, 6.45) is 13.7. The lowest BCUT2D eigenvalue weighted by Crippen LogP contribution is -1.87. The molecule has 1 nitrogen and oxygen atoms in total. The van der Waals surface area contributed by atoms with Crippen molar-refractivity contribution < 1.29 is 0 Å². The Balaban J connectivity index is 1.99. The van der Waals surface area contributed by atoms with Crippen LogP contribution in [0.2, 0.25) is 0 Å². The van der Waals surface area contributed by atoms with Gasteiger partial charge >= 0.3 is 0 Å². The van der Waals surface area contributed by atoms with Gasteiger partial charge in [0.05, 0.1) is 5.69 Å². The van der Waals surface area contributed by atoms with Crippen molar-refractivity contribution in [3.63, 3.8) is 0 Å². The molecule has 2 aromatic rings. The molecule has 0 fully saturated rings. The third-order valence-electron chi connectivity index (χ3n) is 3.42. The largest absolute Gasteiger partial charge is 0.256 e. The van der Waals surface area contributed by atoms with Crippen molar-refractivity contribution in [2.75, 3.05) is 0 Å². The molecule has 0 bridgehead atoms. The van der Waals surface area contributed by atoms with E-state index in [9.17, 15) is 0 Å². The predicted octanol–water partition coefficient (Wildman–Crippen LogP) is 4.96. The van der Waals surface area contributed by atoms with Gasteiger partial charge in [-0.1, -0.05) is 60.2 Å². The maximum atomic E-state index is 4.49. The second kappa shape index (κ2) is 5.70. The number of nitrogens with zero attached hydrogens (tertiary/aromatic N) is 1. The number of aromatic nitrogens is 1. The van der Waals surface area contributed by atoms with E-state index in [4.69, 9.17) is 0 Å².